The third-order valence-corrected chi connectivity index (χ3v) is 2.67. The quantitative estimate of drug-likeness (QED) is 0.477. The highest BCUT2D eigenvalue weighted by Gasteiger charge is 2.17. The molecular weight excluding hydrogens is 314 g/mol. The van der Waals surface area contributed by atoms with Gasteiger partial charge in [-0.25, -0.2) is 9.18 Å². The first-order chi connectivity index (χ1) is 6.97. The Balaban J connectivity index is 3.41. The van der Waals surface area contributed by atoms with E-state index in [1.165, 1.54) is 20.1 Å². The van der Waals surface area contributed by atoms with Gasteiger partial charge in [0.15, 0.2) is 5.78 Å². The van der Waals surface area contributed by atoms with Crippen molar-refractivity contribution < 1.29 is 18.7 Å². The van der Waals surface area contributed by atoms with Gasteiger partial charge >= 0.3 is 5.97 Å². The van der Waals surface area contributed by atoms with Gasteiger partial charge in [-0.05, 0) is 41.6 Å². The summed E-state index contributed by atoms with van der Waals surface area (Å²) in [5.74, 6) is -1.53. The van der Waals surface area contributed by atoms with Crippen molar-refractivity contribution in [3.05, 3.63) is 32.6 Å². The Morgan fingerprint density at radius 3 is 2.40 bits per heavy atom. The highest BCUT2D eigenvalue weighted by Crippen LogP contribution is 2.19. The molecule has 3 nitrogen and oxygen atoms in total. The molecule has 0 radical (unpaired) electrons. The van der Waals surface area contributed by atoms with Gasteiger partial charge in [0.25, 0.3) is 0 Å². The first kappa shape index (κ1) is 12.1. The minimum atomic E-state index is -0.641. The van der Waals surface area contributed by atoms with Crippen LogP contribution in [0.15, 0.2) is 12.1 Å². The van der Waals surface area contributed by atoms with Crippen LogP contribution < -0.4 is 0 Å². The number of benzene rings is 1. The van der Waals surface area contributed by atoms with Gasteiger partial charge in [0.2, 0.25) is 0 Å². The van der Waals surface area contributed by atoms with Crippen LogP contribution in [0.25, 0.3) is 0 Å². The summed E-state index contributed by atoms with van der Waals surface area (Å²) in [5, 5.41) is 0. The summed E-state index contributed by atoms with van der Waals surface area (Å²) in [6, 6.07) is 2.36. The zero-order chi connectivity index (χ0) is 11.6. The predicted molar refractivity (Wildman–Crippen MR) is 60.5 cm³/mol. The van der Waals surface area contributed by atoms with Crippen molar-refractivity contribution in [3.8, 4) is 0 Å². The van der Waals surface area contributed by atoms with E-state index in [1.54, 1.807) is 22.6 Å². The molecule has 1 rings (SSSR count). The summed E-state index contributed by atoms with van der Waals surface area (Å²) in [4.78, 5) is 22.5. The number of Topliss-reactive ketones (excluding diaryl/α,β-unsaturated/α-hetero) is 1. The second-order valence-corrected chi connectivity index (χ2v) is 4.02. The van der Waals surface area contributed by atoms with Gasteiger partial charge in [0, 0.05) is 9.13 Å². The Hall–Kier alpha value is -0.980. The van der Waals surface area contributed by atoms with Gasteiger partial charge in [-0.3, -0.25) is 4.79 Å². The van der Waals surface area contributed by atoms with Crippen LogP contribution in [0.2, 0.25) is 0 Å². The van der Waals surface area contributed by atoms with Gasteiger partial charge in [0.05, 0.1) is 12.7 Å². The topological polar surface area (TPSA) is 43.4 Å². The lowest BCUT2D eigenvalue weighted by Crippen LogP contribution is -2.10. The van der Waals surface area contributed by atoms with Crippen LogP contribution in [0, 0.1) is 9.39 Å². The molecule has 0 aliphatic heterocycles. The van der Waals surface area contributed by atoms with Crippen molar-refractivity contribution in [2.24, 2.45) is 0 Å². The Kier molecular flexibility index (Phi) is 3.78. The molecule has 0 aliphatic rings. The number of carbonyl (C=O) groups excluding carboxylic acids is 2. The van der Waals surface area contributed by atoms with Crippen molar-refractivity contribution in [3.63, 3.8) is 0 Å². The molecule has 0 saturated heterocycles. The normalized spacial score (nSPS) is 9.87. The fourth-order valence-electron chi connectivity index (χ4n) is 1.12. The fraction of sp³-hybridized carbons (Fsp3) is 0.200. The maximum atomic E-state index is 13.2. The molecular formula is C10H8FIO3. The van der Waals surface area contributed by atoms with Gasteiger partial charge in [-0.2, -0.15) is 0 Å². The molecule has 0 aliphatic carbocycles. The molecule has 0 amide bonds. The zero-order valence-corrected chi connectivity index (χ0v) is 10.3. The molecule has 0 bridgehead atoms. The summed E-state index contributed by atoms with van der Waals surface area (Å²) >= 11 is 1.75. The summed E-state index contributed by atoms with van der Waals surface area (Å²) < 4.78 is 18.0. The standard InChI is InChI=1S/C10H8FIO3/c1-5(13)6-3-8(11)9(12)4-7(6)10(14)15-2/h3-4H,1-2H3. The van der Waals surface area contributed by atoms with Crippen LogP contribution in [0.3, 0.4) is 0 Å². The number of rotatable bonds is 2. The maximum absolute atomic E-state index is 13.2. The van der Waals surface area contributed by atoms with Crippen LogP contribution in [-0.2, 0) is 4.74 Å². The SMILES string of the molecule is COC(=O)c1cc(I)c(F)cc1C(C)=O. The van der Waals surface area contributed by atoms with E-state index in [0.29, 0.717) is 0 Å². The Morgan fingerprint density at radius 2 is 1.93 bits per heavy atom. The molecule has 0 spiro atoms. The van der Waals surface area contributed by atoms with Crippen molar-refractivity contribution in [1.82, 2.24) is 0 Å². The van der Waals surface area contributed by atoms with Crippen molar-refractivity contribution >= 4 is 34.3 Å². The largest absolute Gasteiger partial charge is 0.465 e. The van der Waals surface area contributed by atoms with Gasteiger partial charge in [-0.15, -0.1) is 0 Å². The minimum absolute atomic E-state index is 0.0415. The molecule has 1 aromatic rings. The van der Waals surface area contributed by atoms with E-state index < -0.39 is 11.8 Å². The Bertz CT molecular complexity index is 429. The lowest BCUT2D eigenvalue weighted by molar-refractivity contribution is 0.0597. The summed E-state index contributed by atoms with van der Waals surface area (Å²) in [6.45, 7) is 1.27. The number of halogens is 2. The summed E-state index contributed by atoms with van der Waals surface area (Å²) in [6.07, 6.45) is 0. The van der Waals surface area contributed by atoms with Crippen LogP contribution in [0.4, 0.5) is 4.39 Å². The van der Waals surface area contributed by atoms with Crippen molar-refractivity contribution in [2.45, 2.75) is 6.92 Å². The minimum Gasteiger partial charge on any atom is -0.465 e. The number of esters is 1. The Labute approximate surface area is 99.8 Å². The number of hydrogen-bond acceptors (Lipinski definition) is 3. The molecule has 0 saturated carbocycles. The van der Waals surface area contributed by atoms with Crippen LogP contribution in [0.1, 0.15) is 27.6 Å². The first-order valence-corrected chi connectivity index (χ1v) is 5.13. The molecule has 0 heterocycles. The van der Waals surface area contributed by atoms with Gasteiger partial charge < -0.3 is 4.74 Å². The number of carbonyl (C=O) groups is 2. The third kappa shape index (κ3) is 2.53. The van der Waals surface area contributed by atoms with Crippen molar-refractivity contribution in [1.29, 1.82) is 0 Å². The lowest BCUT2D eigenvalue weighted by Gasteiger charge is -2.06. The average molecular weight is 322 g/mol. The maximum Gasteiger partial charge on any atom is 0.338 e. The van der Waals surface area contributed by atoms with Gasteiger partial charge in [-0.1, -0.05) is 0 Å². The van der Waals surface area contributed by atoms with E-state index in [0.717, 1.165) is 6.07 Å². The monoisotopic (exact) mass is 322 g/mol. The molecule has 5 heteroatoms. The van der Waals surface area contributed by atoms with Crippen LogP contribution in [-0.4, -0.2) is 18.9 Å². The number of methoxy groups -OCH3 is 1. The van der Waals surface area contributed by atoms with E-state index in [9.17, 15) is 14.0 Å². The molecule has 80 valence electrons. The number of ether oxygens (including phenoxy) is 1. The predicted octanol–water partition coefficient (Wildman–Crippen LogP) is 2.42. The van der Waals surface area contributed by atoms with E-state index in [-0.39, 0.29) is 20.5 Å². The third-order valence-electron chi connectivity index (χ3n) is 1.85. The fourth-order valence-corrected chi connectivity index (χ4v) is 1.58. The molecule has 0 unspecified atom stereocenters. The summed E-state index contributed by atoms with van der Waals surface area (Å²) in [5.41, 5.74) is 0.135. The summed E-state index contributed by atoms with van der Waals surface area (Å²) in [7, 11) is 1.21. The average Bonchev–Trinajstić information content (AvgIpc) is 2.20. The second kappa shape index (κ2) is 4.69. The number of ketones is 1. The smallest absolute Gasteiger partial charge is 0.338 e. The van der Waals surface area contributed by atoms with E-state index >= 15 is 0 Å². The van der Waals surface area contributed by atoms with Crippen LogP contribution in [0.5, 0.6) is 0 Å². The molecule has 0 N–H and O–H groups in total. The van der Waals surface area contributed by atoms with Gasteiger partial charge in [0.1, 0.15) is 5.82 Å². The van der Waals surface area contributed by atoms with Crippen LogP contribution >= 0.6 is 22.6 Å². The molecule has 1 aromatic carbocycles. The van der Waals surface area contributed by atoms with E-state index in [1.807, 2.05) is 0 Å². The highest BCUT2D eigenvalue weighted by molar-refractivity contribution is 14.1. The van der Waals surface area contributed by atoms with E-state index in [4.69, 9.17) is 0 Å². The van der Waals surface area contributed by atoms with Crippen molar-refractivity contribution in [2.75, 3.05) is 7.11 Å². The highest BCUT2D eigenvalue weighted by atomic mass is 127. The first-order valence-electron chi connectivity index (χ1n) is 4.05. The lowest BCUT2D eigenvalue weighted by atomic mass is 10.0. The number of hydrogen-bond donors (Lipinski definition) is 0. The van der Waals surface area contributed by atoms with E-state index in [2.05, 4.69) is 4.74 Å². The molecule has 15 heavy (non-hydrogen) atoms. The Morgan fingerprint density at radius 1 is 1.33 bits per heavy atom. The zero-order valence-electron chi connectivity index (χ0n) is 8.14. The second-order valence-electron chi connectivity index (χ2n) is 2.86. The molecule has 0 atom stereocenters. The molecule has 0 fully saturated rings. The molecule has 0 aromatic heterocycles.